The Morgan fingerprint density at radius 3 is 2.88 bits per heavy atom. The molecule has 0 radical (unpaired) electrons. The van der Waals surface area contributed by atoms with Gasteiger partial charge in [0.15, 0.2) is 5.69 Å². The van der Waals surface area contributed by atoms with E-state index >= 15 is 0 Å². The summed E-state index contributed by atoms with van der Waals surface area (Å²) >= 11 is 1.30. The van der Waals surface area contributed by atoms with Gasteiger partial charge in [0.1, 0.15) is 0 Å². The van der Waals surface area contributed by atoms with E-state index in [0.29, 0.717) is 0 Å². The maximum Gasteiger partial charge on any atom is 0.360 e. The zero-order chi connectivity index (χ0) is 12.1. The van der Waals surface area contributed by atoms with Crippen molar-refractivity contribution < 1.29 is 14.6 Å². The summed E-state index contributed by atoms with van der Waals surface area (Å²) in [4.78, 5) is 15.2. The predicted molar refractivity (Wildman–Crippen MR) is 61.0 cm³/mol. The van der Waals surface area contributed by atoms with Crippen LogP contribution in [0.1, 0.15) is 30.8 Å². The molecule has 1 aromatic heterocycles. The third-order valence-electron chi connectivity index (χ3n) is 2.21. The van der Waals surface area contributed by atoms with Gasteiger partial charge in [0, 0.05) is 17.8 Å². The Bertz CT molecular complexity index is 327. The highest BCUT2D eigenvalue weighted by Gasteiger charge is 2.19. The summed E-state index contributed by atoms with van der Waals surface area (Å²) in [6.07, 6.45) is -0.945. The minimum atomic E-state index is -1.17. The van der Waals surface area contributed by atoms with Gasteiger partial charge in [-0.25, -0.2) is 9.78 Å². The third-order valence-corrected chi connectivity index (χ3v) is 2.80. The number of aliphatic hydroxyl groups is 1. The summed E-state index contributed by atoms with van der Waals surface area (Å²) in [7, 11) is 0. The molecule has 0 spiro atoms. The molecule has 0 aliphatic carbocycles. The largest absolute Gasteiger partial charge is 0.431 e. The summed E-state index contributed by atoms with van der Waals surface area (Å²) < 4.78 is 4.80. The van der Waals surface area contributed by atoms with Crippen LogP contribution in [-0.2, 0) is 4.74 Å². The number of aromatic nitrogens is 1. The number of nitrogens with two attached hydrogens (primary N) is 1. The molecule has 0 fully saturated rings. The average Bonchev–Trinajstić information content (AvgIpc) is 2.69. The Morgan fingerprint density at radius 1 is 1.69 bits per heavy atom. The highest BCUT2D eigenvalue weighted by atomic mass is 32.1. The average molecular weight is 244 g/mol. The fourth-order valence-electron chi connectivity index (χ4n) is 1.05. The van der Waals surface area contributed by atoms with Gasteiger partial charge in [-0.15, -0.1) is 11.3 Å². The van der Waals surface area contributed by atoms with Gasteiger partial charge in [0.05, 0.1) is 5.51 Å². The molecule has 0 aliphatic rings. The first kappa shape index (κ1) is 13.1. The highest BCUT2D eigenvalue weighted by Crippen LogP contribution is 2.10. The molecule has 3 N–H and O–H groups in total. The van der Waals surface area contributed by atoms with Crippen LogP contribution in [0.25, 0.3) is 0 Å². The van der Waals surface area contributed by atoms with E-state index < -0.39 is 12.3 Å². The van der Waals surface area contributed by atoms with E-state index in [0.717, 1.165) is 0 Å². The van der Waals surface area contributed by atoms with Crippen molar-refractivity contribution in [1.29, 1.82) is 0 Å². The minimum absolute atomic E-state index is 0.196. The number of rotatable bonds is 5. The second-order valence-corrected chi connectivity index (χ2v) is 4.60. The van der Waals surface area contributed by atoms with Crippen molar-refractivity contribution in [3.05, 3.63) is 16.6 Å². The molecule has 6 heteroatoms. The summed E-state index contributed by atoms with van der Waals surface area (Å²) in [6, 6.07) is -0.196. The Morgan fingerprint density at radius 2 is 2.38 bits per heavy atom. The second-order valence-electron chi connectivity index (χ2n) is 3.88. The van der Waals surface area contributed by atoms with Crippen molar-refractivity contribution in [2.75, 3.05) is 0 Å². The van der Waals surface area contributed by atoms with Gasteiger partial charge in [-0.05, 0) is 5.92 Å². The lowest BCUT2D eigenvalue weighted by Crippen LogP contribution is -2.33. The molecule has 0 amide bonds. The van der Waals surface area contributed by atoms with Gasteiger partial charge in [-0.1, -0.05) is 13.8 Å². The fraction of sp³-hybridized carbons (Fsp3) is 0.600. The molecule has 0 aliphatic heterocycles. The molecule has 16 heavy (non-hydrogen) atoms. The Kier molecular flexibility index (Phi) is 4.85. The SMILES string of the molecule is CC(C)[C@H](N)C[C@H](O)OC(=O)c1cscn1. The quantitative estimate of drug-likeness (QED) is 0.596. The number of ether oxygens (including phenoxy) is 1. The van der Waals surface area contributed by atoms with Gasteiger partial charge in [0.2, 0.25) is 6.29 Å². The lowest BCUT2D eigenvalue weighted by Gasteiger charge is -2.19. The molecule has 0 bridgehead atoms. The highest BCUT2D eigenvalue weighted by molar-refractivity contribution is 7.07. The zero-order valence-electron chi connectivity index (χ0n) is 9.29. The number of carbonyl (C=O) groups excluding carboxylic acids is 1. The first-order valence-electron chi connectivity index (χ1n) is 5.03. The van der Waals surface area contributed by atoms with E-state index in [9.17, 15) is 9.90 Å². The lowest BCUT2D eigenvalue weighted by molar-refractivity contribution is -0.0734. The van der Waals surface area contributed by atoms with Crippen LogP contribution < -0.4 is 5.73 Å². The van der Waals surface area contributed by atoms with Crippen LogP contribution in [0.5, 0.6) is 0 Å². The molecule has 2 atom stereocenters. The van der Waals surface area contributed by atoms with Crippen molar-refractivity contribution in [2.24, 2.45) is 11.7 Å². The number of carbonyl (C=O) groups is 1. The Balaban J connectivity index is 2.40. The zero-order valence-corrected chi connectivity index (χ0v) is 10.1. The monoisotopic (exact) mass is 244 g/mol. The maximum absolute atomic E-state index is 11.4. The first-order valence-corrected chi connectivity index (χ1v) is 5.97. The minimum Gasteiger partial charge on any atom is -0.431 e. The van der Waals surface area contributed by atoms with E-state index in [1.54, 1.807) is 5.38 Å². The van der Waals surface area contributed by atoms with Gasteiger partial charge >= 0.3 is 5.97 Å². The second kappa shape index (κ2) is 5.93. The van der Waals surface area contributed by atoms with Crippen LogP contribution in [0, 0.1) is 5.92 Å². The van der Waals surface area contributed by atoms with Gasteiger partial charge in [-0.3, -0.25) is 0 Å². The number of aliphatic hydroxyl groups excluding tert-OH is 1. The predicted octanol–water partition coefficient (Wildman–Crippen LogP) is 0.992. The number of thiazole rings is 1. The number of esters is 1. The molecular weight excluding hydrogens is 228 g/mol. The molecule has 1 heterocycles. The van der Waals surface area contributed by atoms with Crippen molar-refractivity contribution in [3.8, 4) is 0 Å². The van der Waals surface area contributed by atoms with Crippen molar-refractivity contribution in [3.63, 3.8) is 0 Å². The third kappa shape index (κ3) is 3.88. The topological polar surface area (TPSA) is 85.4 Å². The van der Waals surface area contributed by atoms with Crippen LogP contribution >= 0.6 is 11.3 Å². The number of hydrogen-bond donors (Lipinski definition) is 2. The van der Waals surface area contributed by atoms with E-state index in [4.69, 9.17) is 10.5 Å². The molecule has 0 aromatic carbocycles. The standard InChI is InChI=1S/C10H16N2O3S/c1-6(2)7(11)3-9(13)15-10(14)8-4-16-5-12-8/h4-7,9,13H,3,11H2,1-2H3/t7-,9-/m1/s1. The van der Waals surface area contributed by atoms with Crippen LogP contribution in [0.15, 0.2) is 10.9 Å². The van der Waals surface area contributed by atoms with Crippen molar-refractivity contribution in [1.82, 2.24) is 4.98 Å². The molecule has 0 saturated heterocycles. The van der Waals surface area contributed by atoms with Gasteiger partial charge in [0.25, 0.3) is 0 Å². The first-order chi connectivity index (χ1) is 7.50. The summed E-state index contributed by atoms with van der Waals surface area (Å²) in [5.74, 6) is -0.391. The van der Waals surface area contributed by atoms with Crippen molar-refractivity contribution in [2.45, 2.75) is 32.6 Å². The van der Waals surface area contributed by atoms with Crippen LogP contribution in [0.4, 0.5) is 0 Å². The molecule has 90 valence electrons. The normalized spacial score (nSPS) is 14.8. The smallest absolute Gasteiger partial charge is 0.360 e. The van der Waals surface area contributed by atoms with E-state index in [-0.39, 0.29) is 24.1 Å². The van der Waals surface area contributed by atoms with E-state index in [1.165, 1.54) is 16.8 Å². The van der Waals surface area contributed by atoms with E-state index in [2.05, 4.69) is 4.98 Å². The van der Waals surface area contributed by atoms with Crippen molar-refractivity contribution >= 4 is 17.3 Å². The van der Waals surface area contributed by atoms with Gasteiger partial charge in [-0.2, -0.15) is 0 Å². The number of nitrogens with zero attached hydrogens (tertiary/aromatic N) is 1. The van der Waals surface area contributed by atoms with Gasteiger partial charge < -0.3 is 15.6 Å². The summed E-state index contributed by atoms with van der Waals surface area (Å²) in [6.45, 7) is 3.89. The Hall–Kier alpha value is -0.980. The van der Waals surface area contributed by atoms with Crippen LogP contribution in [-0.4, -0.2) is 28.4 Å². The molecule has 5 nitrogen and oxygen atoms in total. The molecular formula is C10H16N2O3S. The molecule has 0 saturated carbocycles. The molecule has 0 unspecified atom stereocenters. The lowest BCUT2D eigenvalue weighted by atomic mass is 10.0. The number of hydrogen-bond acceptors (Lipinski definition) is 6. The maximum atomic E-state index is 11.4. The summed E-state index contributed by atoms with van der Waals surface area (Å²) in [5, 5.41) is 11.1. The Labute approximate surface area is 98.3 Å². The fourth-order valence-corrected chi connectivity index (χ4v) is 1.57. The van der Waals surface area contributed by atoms with Crippen LogP contribution in [0.2, 0.25) is 0 Å². The van der Waals surface area contributed by atoms with E-state index in [1.807, 2.05) is 13.8 Å². The van der Waals surface area contributed by atoms with Crippen LogP contribution in [0.3, 0.4) is 0 Å². The molecule has 1 rings (SSSR count). The summed E-state index contributed by atoms with van der Waals surface area (Å²) in [5.41, 5.74) is 7.49. The molecule has 1 aromatic rings.